The molecule has 1 aromatic carbocycles. The highest BCUT2D eigenvalue weighted by atomic mass is 19.4. The Balaban J connectivity index is 1.37. The Kier molecular flexibility index (Phi) is 4.18. The highest BCUT2D eigenvalue weighted by Gasteiger charge is 2.40. The average molecular weight is 367 g/mol. The van der Waals surface area contributed by atoms with Crippen LogP contribution in [0.3, 0.4) is 0 Å². The first kappa shape index (κ1) is 17.0. The van der Waals surface area contributed by atoms with Crippen LogP contribution in [-0.2, 0) is 10.9 Å². The Bertz CT molecular complexity index is 804. The Morgan fingerprint density at radius 2 is 2.00 bits per heavy atom. The molecule has 3 heterocycles. The zero-order valence-corrected chi connectivity index (χ0v) is 13.6. The predicted molar refractivity (Wildman–Crippen MR) is 83.1 cm³/mol. The molecule has 0 radical (unpaired) electrons. The lowest BCUT2D eigenvalue weighted by molar-refractivity contribution is -0.159. The topological polar surface area (TPSA) is 77.2 Å². The normalized spacial score (nSPS) is 24.8. The molecule has 1 amide bonds. The highest BCUT2D eigenvalue weighted by molar-refractivity contribution is 5.94. The van der Waals surface area contributed by atoms with Gasteiger partial charge in [-0.15, -0.1) is 0 Å². The largest absolute Gasteiger partial charge is 0.471 e. The van der Waals surface area contributed by atoms with Gasteiger partial charge >= 0.3 is 12.1 Å². The molecule has 2 saturated heterocycles. The molecule has 0 unspecified atom stereocenters. The molecule has 0 saturated carbocycles. The third-order valence-corrected chi connectivity index (χ3v) is 4.83. The van der Waals surface area contributed by atoms with Crippen molar-refractivity contribution in [3.05, 3.63) is 35.7 Å². The molecule has 2 bridgehead atoms. The Hall–Kier alpha value is -2.42. The van der Waals surface area contributed by atoms with Gasteiger partial charge in [0, 0.05) is 23.6 Å². The van der Waals surface area contributed by atoms with Crippen molar-refractivity contribution in [2.75, 3.05) is 6.54 Å². The zero-order chi connectivity index (χ0) is 18.3. The number of alkyl halides is 3. The molecule has 9 heteroatoms. The maximum Gasteiger partial charge on any atom is 0.471 e. The van der Waals surface area contributed by atoms with Gasteiger partial charge in [0.05, 0.1) is 12.2 Å². The summed E-state index contributed by atoms with van der Waals surface area (Å²) in [6, 6.07) is 6.01. The van der Waals surface area contributed by atoms with Crippen LogP contribution in [0, 0.1) is 5.92 Å². The Morgan fingerprint density at radius 1 is 1.23 bits per heavy atom. The van der Waals surface area contributed by atoms with Crippen LogP contribution in [0.25, 0.3) is 11.4 Å². The summed E-state index contributed by atoms with van der Waals surface area (Å²) < 4.78 is 47.5. The van der Waals surface area contributed by atoms with Gasteiger partial charge in [-0.05, 0) is 31.4 Å². The molecule has 26 heavy (non-hydrogen) atoms. The van der Waals surface area contributed by atoms with Crippen LogP contribution in [-0.4, -0.2) is 34.8 Å². The maximum atomic E-state index is 12.5. The third kappa shape index (κ3) is 3.31. The van der Waals surface area contributed by atoms with Crippen molar-refractivity contribution in [3.63, 3.8) is 0 Å². The minimum Gasteiger partial charge on any atom is -0.375 e. The van der Waals surface area contributed by atoms with Crippen LogP contribution in [0.15, 0.2) is 28.8 Å². The molecule has 2 aromatic rings. The fourth-order valence-electron chi connectivity index (χ4n) is 3.51. The van der Waals surface area contributed by atoms with Crippen molar-refractivity contribution >= 4 is 5.91 Å². The van der Waals surface area contributed by atoms with Crippen LogP contribution < -0.4 is 5.32 Å². The summed E-state index contributed by atoms with van der Waals surface area (Å²) >= 11 is 0. The van der Waals surface area contributed by atoms with Gasteiger partial charge < -0.3 is 14.6 Å². The van der Waals surface area contributed by atoms with Gasteiger partial charge in [-0.2, -0.15) is 18.2 Å². The molecule has 6 nitrogen and oxygen atoms in total. The van der Waals surface area contributed by atoms with E-state index in [9.17, 15) is 18.0 Å². The predicted octanol–water partition coefficient (Wildman–Crippen LogP) is 3.05. The summed E-state index contributed by atoms with van der Waals surface area (Å²) in [5.74, 6) is -1.47. The quantitative estimate of drug-likeness (QED) is 0.899. The Morgan fingerprint density at radius 3 is 2.58 bits per heavy atom. The van der Waals surface area contributed by atoms with E-state index in [1.807, 2.05) is 0 Å². The smallest absolute Gasteiger partial charge is 0.375 e. The van der Waals surface area contributed by atoms with E-state index in [1.165, 1.54) is 24.3 Å². The van der Waals surface area contributed by atoms with Crippen LogP contribution in [0.4, 0.5) is 13.2 Å². The summed E-state index contributed by atoms with van der Waals surface area (Å²) in [7, 11) is 0. The van der Waals surface area contributed by atoms with E-state index in [2.05, 4.69) is 20.0 Å². The number of fused-ring (bicyclic) bond motifs is 2. The summed E-state index contributed by atoms with van der Waals surface area (Å²) in [6.45, 7) is 0.557. The molecule has 2 aliphatic rings. The molecular weight excluding hydrogens is 351 g/mol. The molecule has 2 aliphatic heterocycles. The number of benzene rings is 1. The van der Waals surface area contributed by atoms with Crippen molar-refractivity contribution in [1.29, 1.82) is 0 Å². The second-order valence-electron chi connectivity index (χ2n) is 6.58. The summed E-state index contributed by atoms with van der Waals surface area (Å²) in [5.41, 5.74) is 0.750. The second kappa shape index (κ2) is 6.39. The molecule has 2 fully saturated rings. The lowest BCUT2D eigenvalue weighted by Crippen LogP contribution is -2.33. The van der Waals surface area contributed by atoms with E-state index in [-0.39, 0.29) is 17.8 Å². The van der Waals surface area contributed by atoms with Crippen molar-refractivity contribution in [3.8, 4) is 11.4 Å². The highest BCUT2D eigenvalue weighted by Crippen LogP contribution is 2.38. The van der Waals surface area contributed by atoms with Gasteiger partial charge in [0.15, 0.2) is 0 Å². The number of nitrogens with one attached hydrogen (secondary N) is 1. The van der Waals surface area contributed by atoms with E-state index < -0.39 is 12.1 Å². The van der Waals surface area contributed by atoms with Gasteiger partial charge in [-0.1, -0.05) is 17.3 Å². The molecule has 0 aliphatic carbocycles. The van der Waals surface area contributed by atoms with Crippen LogP contribution in [0.5, 0.6) is 0 Å². The number of rotatable bonds is 4. The third-order valence-electron chi connectivity index (χ3n) is 4.83. The molecule has 1 aromatic heterocycles. The number of amides is 1. The number of ether oxygens (including phenoxy) is 1. The number of aromatic nitrogens is 2. The van der Waals surface area contributed by atoms with Crippen LogP contribution in [0.1, 0.15) is 35.5 Å². The van der Waals surface area contributed by atoms with Crippen molar-refractivity contribution in [1.82, 2.24) is 15.5 Å². The van der Waals surface area contributed by atoms with E-state index in [0.29, 0.717) is 29.7 Å². The summed E-state index contributed by atoms with van der Waals surface area (Å²) in [5, 5.41) is 6.21. The molecule has 138 valence electrons. The number of halogens is 3. The van der Waals surface area contributed by atoms with E-state index in [4.69, 9.17) is 4.74 Å². The monoisotopic (exact) mass is 367 g/mol. The molecular formula is C17H16F3N3O3. The van der Waals surface area contributed by atoms with Gasteiger partial charge in [0.2, 0.25) is 5.82 Å². The fourth-order valence-corrected chi connectivity index (χ4v) is 3.51. The molecule has 4 rings (SSSR count). The van der Waals surface area contributed by atoms with E-state index in [0.717, 1.165) is 19.3 Å². The van der Waals surface area contributed by atoms with Crippen LogP contribution >= 0.6 is 0 Å². The number of nitrogens with zero attached hydrogens (tertiary/aromatic N) is 2. The number of carbonyl (C=O) groups is 1. The molecule has 1 N–H and O–H groups in total. The number of hydrogen-bond donors (Lipinski definition) is 1. The first-order valence-electron chi connectivity index (χ1n) is 8.35. The van der Waals surface area contributed by atoms with Gasteiger partial charge in [0.1, 0.15) is 0 Å². The van der Waals surface area contributed by atoms with Gasteiger partial charge in [-0.3, -0.25) is 4.79 Å². The maximum absolute atomic E-state index is 12.5. The first-order chi connectivity index (χ1) is 12.4. The number of hydrogen-bond acceptors (Lipinski definition) is 5. The van der Waals surface area contributed by atoms with Gasteiger partial charge in [-0.25, -0.2) is 0 Å². The van der Waals surface area contributed by atoms with Crippen LogP contribution in [0.2, 0.25) is 0 Å². The van der Waals surface area contributed by atoms with Crippen molar-refractivity contribution < 1.29 is 27.2 Å². The Labute approximate surface area is 146 Å². The summed E-state index contributed by atoms with van der Waals surface area (Å²) in [6.07, 6.45) is -0.994. The molecule has 0 spiro atoms. The standard InChI is InChI=1S/C17H16F3N3O3/c18-17(19,20)16-22-14(23-26-16)9-1-3-10(4-2-9)15(24)21-8-11-7-12-5-6-13(11)25-12/h1-4,11-13H,5-8H2,(H,21,24)/t11-,12+,13+/m0/s1. The summed E-state index contributed by atoms with van der Waals surface area (Å²) in [4.78, 5) is 15.6. The zero-order valence-electron chi connectivity index (χ0n) is 13.6. The molecule has 3 atom stereocenters. The SMILES string of the molecule is O=C(NC[C@@H]1C[C@H]2CC[C@H]1O2)c1ccc(-c2noc(C(F)(F)F)n2)cc1. The first-order valence-corrected chi connectivity index (χ1v) is 8.35. The fraction of sp³-hybridized carbons (Fsp3) is 0.471. The average Bonchev–Trinajstić information content (AvgIpc) is 3.35. The van der Waals surface area contributed by atoms with E-state index in [1.54, 1.807) is 0 Å². The van der Waals surface area contributed by atoms with Crippen molar-refractivity contribution in [2.24, 2.45) is 5.92 Å². The van der Waals surface area contributed by atoms with Crippen molar-refractivity contribution in [2.45, 2.75) is 37.6 Å². The second-order valence-corrected chi connectivity index (χ2v) is 6.58. The lowest BCUT2D eigenvalue weighted by Gasteiger charge is -2.18. The lowest BCUT2D eigenvalue weighted by atomic mass is 9.89. The minimum atomic E-state index is -4.69. The number of carbonyl (C=O) groups excluding carboxylic acids is 1. The minimum absolute atomic E-state index is 0.177. The van der Waals surface area contributed by atoms with E-state index >= 15 is 0 Å². The van der Waals surface area contributed by atoms with Gasteiger partial charge in [0.25, 0.3) is 5.91 Å².